The summed E-state index contributed by atoms with van der Waals surface area (Å²) in [6, 6.07) is 16.4. The van der Waals surface area contributed by atoms with Crippen molar-refractivity contribution < 1.29 is 9.32 Å². The average molecular weight is 419 g/mol. The van der Waals surface area contributed by atoms with Crippen molar-refractivity contribution in [2.75, 3.05) is 13.1 Å². The molecule has 0 saturated carbocycles. The van der Waals surface area contributed by atoms with Gasteiger partial charge in [0.25, 0.3) is 0 Å². The van der Waals surface area contributed by atoms with E-state index in [9.17, 15) is 4.79 Å². The number of hydrogen-bond acceptors (Lipinski definition) is 5. The van der Waals surface area contributed by atoms with Crippen LogP contribution in [0.1, 0.15) is 48.4 Å². The summed E-state index contributed by atoms with van der Waals surface area (Å²) < 4.78 is 5.49. The van der Waals surface area contributed by atoms with Crippen LogP contribution in [0.4, 0.5) is 0 Å². The van der Waals surface area contributed by atoms with E-state index in [2.05, 4.69) is 51.5 Å². The standard InChI is InChI=1S/C25H30N4O2/c1-17-9-11-20(12-10-17)19(3)26-25(30)22-8-5-13-29(15-22)16-23-27-24(28-31-23)21-7-4-6-18(2)14-21/h4,6-7,9-12,14,19,22H,5,8,13,15-16H2,1-3H3,(H,26,30). The van der Waals surface area contributed by atoms with Gasteiger partial charge in [-0.05, 0) is 51.8 Å². The Morgan fingerprint density at radius 2 is 2.00 bits per heavy atom. The van der Waals surface area contributed by atoms with Gasteiger partial charge in [-0.15, -0.1) is 0 Å². The van der Waals surface area contributed by atoms with Gasteiger partial charge >= 0.3 is 0 Å². The van der Waals surface area contributed by atoms with Crippen molar-refractivity contribution in [3.63, 3.8) is 0 Å². The number of piperidine rings is 1. The van der Waals surface area contributed by atoms with Crippen LogP contribution in [0.2, 0.25) is 0 Å². The maximum absolute atomic E-state index is 12.9. The minimum absolute atomic E-state index is 0.00342. The number of aromatic nitrogens is 2. The van der Waals surface area contributed by atoms with Gasteiger partial charge < -0.3 is 9.84 Å². The van der Waals surface area contributed by atoms with Crippen LogP contribution in [-0.4, -0.2) is 34.0 Å². The first-order valence-electron chi connectivity index (χ1n) is 11.0. The SMILES string of the molecule is Cc1ccc(C(C)NC(=O)C2CCCN(Cc3nc(-c4cccc(C)c4)no3)C2)cc1. The van der Waals surface area contributed by atoms with Gasteiger partial charge in [0.1, 0.15) is 0 Å². The predicted molar refractivity (Wildman–Crippen MR) is 120 cm³/mol. The van der Waals surface area contributed by atoms with Gasteiger partial charge in [-0.1, -0.05) is 58.7 Å². The Labute approximate surface area is 183 Å². The number of carbonyl (C=O) groups excluding carboxylic acids is 1. The number of carbonyl (C=O) groups is 1. The van der Waals surface area contributed by atoms with Gasteiger partial charge in [0.15, 0.2) is 0 Å². The van der Waals surface area contributed by atoms with Crippen LogP contribution in [0.5, 0.6) is 0 Å². The Kier molecular flexibility index (Phi) is 6.47. The number of benzene rings is 2. The Balaban J connectivity index is 1.34. The number of nitrogens with zero attached hydrogens (tertiary/aromatic N) is 3. The van der Waals surface area contributed by atoms with Crippen LogP contribution < -0.4 is 5.32 Å². The lowest BCUT2D eigenvalue weighted by Crippen LogP contribution is -2.43. The lowest BCUT2D eigenvalue weighted by molar-refractivity contribution is -0.127. The Morgan fingerprint density at radius 1 is 1.19 bits per heavy atom. The Hall–Kier alpha value is -2.99. The first-order valence-corrected chi connectivity index (χ1v) is 11.0. The van der Waals surface area contributed by atoms with E-state index in [4.69, 9.17) is 4.52 Å². The van der Waals surface area contributed by atoms with Crippen LogP contribution in [0.25, 0.3) is 11.4 Å². The van der Waals surface area contributed by atoms with Gasteiger partial charge in [-0.2, -0.15) is 4.98 Å². The van der Waals surface area contributed by atoms with Gasteiger partial charge in [0.2, 0.25) is 17.6 Å². The minimum atomic E-state index is -0.0270. The van der Waals surface area contributed by atoms with Crippen LogP contribution in [-0.2, 0) is 11.3 Å². The third-order valence-electron chi connectivity index (χ3n) is 5.92. The first kappa shape index (κ1) is 21.2. The van der Waals surface area contributed by atoms with E-state index in [-0.39, 0.29) is 17.9 Å². The molecule has 0 aliphatic carbocycles. The lowest BCUT2D eigenvalue weighted by Gasteiger charge is -2.31. The van der Waals surface area contributed by atoms with Crippen LogP contribution in [0, 0.1) is 19.8 Å². The van der Waals surface area contributed by atoms with Crippen LogP contribution in [0.3, 0.4) is 0 Å². The molecular formula is C25H30N4O2. The Bertz CT molecular complexity index is 1030. The molecule has 2 unspecified atom stereocenters. The normalized spacial score (nSPS) is 18.0. The molecule has 2 heterocycles. The summed E-state index contributed by atoms with van der Waals surface area (Å²) >= 11 is 0. The fraction of sp³-hybridized carbons (Fsp3) is 0.400. The highest BCUT2D eigenvalue weighted by Gasteiger charge is 2.27. The second-order valence-corrected chi connectivity index (χ2v) is 8.60. The highest BCUT2D eigenvalue weighted by atomic mass is 16.5. The van der Waals surface area contributed by atoms with Gasteiger partial charge in [-0.25, -0.2) is 0 Å². The second-order valence-electron chi connectivity index (χ2n) is 8.60. The van der Waals surface area contributed by atoms with Gasteiger partial charge in [0.05, 0.1) is 18.5 Å². The molecule has 2 atom stereocenters. The summed E-state index contributed by atoms with van der Waals surface area (Å²) in [5.74, 6) is 1.28. The molecule has 162 valence electrons. The molecule has 0 spiro atoms. The zero-order valence-electron chi connectivity index (χ0n) is 18.5. The topological polar surface area (TPSA) is 71.3 Å². The van der Waals surface area contributed by atoms with E-state index in [0.717, 1.165) is 36.1 Å². The van der Waals surface area contributed by atoms with Crippen molar-refractivity contribution in [2.24, 2.45) is 5.92 Å². The molecule has 1 aliphatic rings. The zero-order valence-corrected chi connectivity index (χ0v) is 18.5. The molecule has 6 nitrogen and oxygen atoms in total. The molecule has 1 saturated heterocycles. The van der Waals surface area contributed by atoms with Crippen molar-refractivity contribution >= 4 is 5.91 Å². The molecule has 31 heavy (non-hydrogen) atoms. The number of amides is 1. The number of rotatable bonds is 6. The summed E-state index contributed by atoms with van der Waals surface area (Å²) in [5, 5.41) is 7.32. The van der Waals surface area contributed by atoms with Crippen molar-refractivity contribution in [2.45, 2.75) is 46.2 Å². The molecule has 1 aliphatic heterocycles. The molecule has 6 heteroatoms. The summed E-state index contributed by atoms with van der Waals surface area (Å²) in [6.45, 7) is 8.35. The summed E-state index contributed by atoms with van der Waals surface area (Å²) in [7, 11) is 0. The first-order chi connectivity index (χ1) is 15.0. The van der Waals surface area contributed by atoms with Crippen molar-refractivity contribution in [3.8, 4) is 11.4 Å². The molecule has 0 radical (unpaired) electrons. The third-order valence-corrected chi connectivity index (χ3v) is 5.92. The molecule has 0 bridgehead atoms. The fourth-order valence-electron chi connectivity index (χ4n) is 4.09. The van der Waals surface area contributed by atoms with E-state index in [1.54, 1.807) is 0 Å². The van der Waals surface area contributed by atoms with Crippen LogP contribution in [0.15, 0.2) is 53.1 Å². The van der Waals surface area contributed by atoms with E-state index in [1.807, 2.05) is 38.1 Å². The highest BCUT2D eigenvalue weighted by molar-refractivity contribution is 5.79. The minimum Gasteiger partial charge on any atom is -0.349 e. The van der Waals surface area contributed by atoms with E-state index < -0.39 is 0 Å². The smallest absolute Gasteiger partial charge is 0.241 e. The lowest BCUT2D eigenvalue weighted by atomic mass is 9.96. The van der Waals surface area contributed by atoms with Gasteiger partial charge in [0, 0.05) is 12.1 Å². The summed E-state index contributed by atoms with van der Waals surface area (Å²) in [6.07, 6.45) is 1.89. The maximum atomic E-state index is 12.9. The zero-order chi connectivity index (χ0) is 21.8. The van der Waals surface area contributed by atoms with Crippen molar-refractivity contribution in [1.29, 1.82) is 0 Å². The molecule has 1 amide bonds. The summed E-state index contributed by atoms with van der Waals surface area (Å²) in [4.78, 5) is 19.7. The predicted octanol–water partition coefficient (Wildman–Crippen LogP) is 4.44. The molecule has 4 rings (SSSR count). The van der Waals surface area contributed by atoms with E-state index >= 15 is 0 Å². The quantitative estimate of drug-likeness (QED) is 0.641. The maximum Gasteiger partial charge on any atom is 0.241 e. The van der Waals surface area contributed by atoms with Crippen molar-refractivity contribution in [1.82, 2.24) is 20.4 Å². The number of hydrogen-bond donors (Lipinski definition) is 1. The van der Waals surface area contributed by atoms with Gasteiger partial charge in [-0.3, -0.25) is 9.69 Å². The number of nitrogens with one attached hydrogen (secondary N) is 1. The number of likely N-dealkylation sites (tertiary alicyclic amines) is 1. The fourth-order valence-corrected chi connectivity index (χ4v) is 4.09. The van der Waals surface area contributed by atoms with Crippen molar-refractivity contribution in [3.05, 3.63) is 71.1 Å². The highest BCUT2D eigenvalue weighted by Crippen LogP contribution is 2.22. The number of aryl methyl sites for hydroxylation is 2. The second kappa shape index (κ2) is 9.43. The molecule has 1 aromatic heterocycles. The monoisotopic (exact) mass is 418 g/mol. The third kappa shape index (κ3) is 5.39. The summed E-state index contributed by atoms with van der Waals surface area (Å²) in [5.41, 5.74) is 4.46. The average Bonchev–Trinajstić information content (AvgIpc) is 3.23. The Morgan fingerprint density at radius 3 is 2.77 bits per heavy atom. The molecule has 1 N–H and O–H groups in total. The molecule has 1 fully saturated rings. The molecule has 2 aromatic carbocycles. The molecular weight excluding hydrogens is 388 g/mol. The molecule has 3 aromatic rings. The van der Waals surface area contributed by atoms with E-state index in [1.165, 1.54) is 5.56 Å². The van der Waals surface area contributed by atoms with Crippen LogP contribution >= 0.6 is 0 Å². The largest absolute Gasteiger partial charge is 0.349 e. The van der Waals surface area contributed by atoms with E-state index in [0.29, 0.717) is 24.8 Å².